The van der Waals surface area contributed by atoms with E-state index < -0.39 is 0 Å². The molecule has 112 valence electrons. The number of amides is 2. The van der Waals surface area contributed by atoms with Crippen molar-refractivity contribution in [1.29, 1.82) is 5.26 Å². The Morgan fingerprint density at radius 2 is 2.00 bits per heavy atom. The van der Waals surface area contributed by atoms with Crippen molar-refractivity contribution in [3.63, 3.8) is 0 Å². The van der Waals surface area contributed by atoms with E-state index in [0.717, 1.165) is 5.56 Å². The smallest absolute Gasteiger partial charge is 0.318 e. The van der Waals surface area contributed by atoms with Gasteiger partial charge in [0.2, 0.25) is 0 Å². The number of aromatic nitrogens is 1. The highest BCUT2D eigenvalue weighted by Gasteiger charge is 2.17. The number of carbonyl (C=O) groups is 1. The van der Waals surface area contributed by atoms with Crippen LogP contribution in [-0.2, 0) is 6.54 Å². The number of nitriles is 1. The minimum Gasteiger partial charge on any atom is -0.318 e. The van der Waals surface area contributed by atoms with Crippen molar-refractivity contribution < 1.29 is 4.79 Å². The first kappa shape index (κ1) is 15.5. The third kappa shape index (κ3) is 4.06. The number of urea groups is 1. The quantitative estimate of drug-likeness (QED) is 0.939. The Hall–Kier alpha value is -2.87. The molecule has 5 heteroatoms. The van der Waals surface area contributed by atoms with E-state index in [9.17, 15) is 4.79 Å². The number of hydrogen-bond donors (Lipinski definition) is 1. The molecule has 2 aromatic rings. The van der Waals surface area contributed by atoms with Gasteiger partial charge in [-0.25, -0.2) is 9.78 Å². The van der Waals surface area contributed by atoms with Crippen molar-refractivity contribution in [2.45, 2.75) is 26.4 Å². The molecule has 1 N–H and O–H groups in total. The van der Waals surface area contributed by atoms with Gasteiger partial charge in [0.25, 0.3) is 0 Å². The highest BCUT2D eigenvalue weighted by atomic mass is 16.2. The fraction of sp³-hybridized carbons (Fsp3) is 0.235. The molecular weight excluding hydrogens is 276 g/mol. The average molecular weight is 294 g/mol. The van der Waals surface area contributed by atoms with Crippen molar-refractivity contribution in [2.24, 2.45) is 0 Å². The lowest BCUT2D eigenvalue weighted by atomic mass is 10.1. The van der Waals surface area contributed by atoms with E-state index in [0.29, 0.717) is 17.9 Å². The van der Waals surface area contributed by atoms with Crippen LogP contribution in [0, 0.1) is 11.3 Å². The summed E-state index contributed by atoms with van der Waals surface area (Å²) < 4.78 is 0. The predicted molar refractivity (Wildman–Crippen MR) is 85.1 cm³/mol. The maximum atomic E-state index is 12.4. The summed E-state index contributed by atoms with van der Waals surface area (Å²) in [7, 11) is 0. The topological polar surface area (TPSA) is 69.0 Å². The molecule has 0 atom stereocenters. The lowest BCUT2D eigenvalue weighted by Crippen LogP contribution is -2.39. The van der Waals surface area contributed by atoms with Crippen LogP contribution in [0.1, 0.15) is 25.0 Å². The van der Waals surface area contributed by atoms with Crippen LogP contribution in [0.2, 0.25) is 0 Å². The molecule has 0 spiro atoms. The van der Waals surface area contributed by atoms with Crippen LogP contribution in [-0.4, -0.2) is 22.0 Å². The second-order valence-electron chi connectivity index (χ2n) is 5.18. The molecule has 0 saturated carbocycles. The van der Waals surface area contributed by atoms with Gasteiger partial charge >= 0.3 is 6.03 Å². The molecule has 0 radical (unpaired) electrons. The number of benzene rings is 1. The Labute approximate surface area is 130 Å². The van der Waals surface area contributed by atoms with Crippen LogP contribution in [0.15, 0.2) is 48.7 Å². The van der Waals surface area contributed by atoms with Crippen LogP contribution in [0.5, 0.6) is 0 Å². The van der Waals surface area contributed by atoms with Gasteiger partial charge in [0, 0.05) is 18.8 Å². The highest BCUT2D eigenvalue weighted by molar-refractivity contribution is 5.88. The number of carbonyl (C=O) groups excluding carboxylic acids is 1. The Bertz CT molecular complexity index is 659. The van der Waals surface area contributed by atoms with Crippen molar-refractivity contribution in [3.8, 4) is 6.07 Å². The van der Waals surface area contributed by atoms with E-state index in [-0.39, 0.29) is 12.1 Å². The molecule has 0 unspecified atom stereocenters. The minimum atomic E-state index is -0.196. The summed E-state index contributed by atoms with van der Waals surface area (Å²) in [4.78, 5) is 18.2. The Kier molecular flexibility index (Phi) is 5.10. The highest BCUT2D eigenvalue weighted by Crippen LogP contribution is 2.12. The summed E-state index contributed by atoms with van der Waals surface area (Å²) in [5, 5.41) is 11.6. The van der Waals surface area contributed by atoms with E-state index in [1.807, 2.05) is 32.0 Å². The molecular formula is C17H18N4O. The maximum absolute atomic E-state index is 12.4. The Morgan fingerprint density at radius 1 is 1.27 bits per heavy atom. The predicted octanol–water partition coefficient (Wildman–Crippen LogP) is 3.40. The molecule has 0 fully saturated rings. The van der Waals surface area contributed by atoms with Crippen molar-refractivity contribution in [2.75, 3.05) is 5.32 Å². The van der Waals surface area contributed by atoms with Crippen LogP contribution in [0.25, 0.3) is 0 Å². The zero-order valence-corrected chi connectivity index (χ0v) is 12.7. The van der Waals surface area contributed by atoms with Gasteiger partial charge in [0.1, 0.15) is 5.82 Å². The fourth-order valence-corrected chi connectivity index (χ4v) is 1.99. The van der Waals surface area contributed by atoms with Crippen molar-refractivity contribution in [1.82, 2.24) is 9.88 Å². The SMILES string of the molecule is CC(C)N(Cc1ccc(C#N)cc1)C(=O)Nc1ccccn1. The number of anilines is 1. The van der Waals surface area contributed by atoms with Crippen molar-refractivity contribution in [3.05, 3.63) is 59.8 Å². The molecule has 1 aromatic heterocycles. The van der Waals surface area contributed by atoms with Gasteiger partial charge < -0.3 is 4.90 Å². The van der Waals surface area contributed by atoms with Gasteiger partial charge in [-0.1, -0.05) is 18.2 Å². The lowest BCUT2D eigenvalue weighted by Gasteiger charge is -2.27. The molecule has 2 amide bonds. The molecule has 1 heterocycles. The maximum Gasteiger partial charge on any atom is 0.323 e. The van der Waals surface area contributed by atoms with Crippen molar-refractivity contribution >= 4 is 11.8 Å². The largest absolute Gasteiger partial charge is 0.323 e. The van der Waals surface area contributed by atoms with Crippen LogP contribution < -0.4 is 5.32 Å². The second-order valence-corrected chi connectivity index (χ2v) is 5.18. The summed E-state index contributed by atoms with van der Waals surface area (Å²) in [6, 6.07) is 14.5. The van der Waals surface area contributed by atoms with E-state index in [1.54, 1.807) is 35.4 Å². The standard InChI is InChI=1S/C17H18N4O/c1-13(2)21(12-15-8-6-14(11-18)7-9-15)17(22)20-16-5-3-4-10-19-16/h3-10,13H,12H2,1-2H3,(H,19,20,22). The molecule has 0 aliphatic carbocycles. The first-order valence-electron chi connectivity index (χ1n) is 7.08. The summed E-state index contributed by atoms with van der Waals surface area (Å²) in [5.41, 5.74) is 1.58. The van der Waals surface area contributed by atoms with Gasteiger partial charge in [0.15, 0.2) is 0 Å². The summed E-state index contributed by atoms with van der Waals surface area (Å²) in [6.07, 6.45) is 1.63. The molecule has 0 saturated heterocycles. The van der Waals surface area contributed by atoms with Crippen LogP contribution in [0.3, 0.4) is 0 Å². The van der Waals surface area contributed by atoms with Gasteiger partial charge in [-0.2, -0.15) is 5.26 Å². The van der Waals surface area contributed by atoms with Gasteiger partial charge in [0.05, 0.1) is 11.6 Å². The fourth-order valence-electron chi connectivity index (χ4n) is 1.99. The summed E-state index contributed by atoms with van der Waals surface area (Å²) in [6.45, 7) is 4.39. The van der Waals surface area contributed by atoms with E-state index in [1.165, 1.54) is 0 Å². The van der Waals surface area contributed by atoms with Gasteiger partial charge in [-0.3, -0.25) is 5.32 Å². The summed E-state index contributed by atoms with van der Waals surface area (Å²) >= 11 is 0. The van der Waals surface area contributed by atoms with E-state index in [4.69, 9.17) is 5.26 Å². The third-order valence-electron chi connectivity index (χ3n) is 3.22. The molecule has 0 aliphatic rings. The minimum absolute atomic E-state index is 0.0411. The molecule has 2 rings (SSSR count). The molecule has 0 aliphatic heterocycles. The number of nitrogens with zero attached hydrogens (tertiary/aromatic N) is 3. The van der Waals surface area contributed by atoms with Gasteiger partial charge in [-0.05, 0) is 43.7 Å². The summed E-state index contributed by atoms with van der Waals surface area (Å²) in [5.74, 6) is 0.526. The lowest BCUT2D eigenvalue weighted by molar-refractivity contribution is 0.193. The third-order valence-corrected chi connectivity index (χ3v) is 3.22. The Morgan fingerprint density at radius 3 is 2.55 bits per heavy atom. The first-order valence-corrected chi connectivity index (χ1v) is 7.08. The number of rotatable bonds is 4. The van der Waals surface area contributed by atoms with Crippen LogP contribution >= 0.6 is 0 Å². The van der Waals surface area contributed by atoms with Crippen LogP contribution in [0.4, 0.5) is 10.6 Å². The Balaban J connectivity index is 2.08. The zero-order valence-electron chi connectivity index (χ0n) is 12.7. The second kappa shape index (κ2) is 7.23. The van der Waals surface area contributed by atoms with Gasteiger partial charge in [-0.15, -0.1) is 0 Å². The van der Waals surface area contributed by atoms with E-state index in [2.05, 4.69) is 16.4 Å². The zero-order chi connectivity index (χ0) is 15.9. The average Bonchev–Trinajstić information content (AvgIpc) is 2.53. The molecule has 1 aromatic carbocycles. The monoisotopic (exact) mass is 294 g/mol. The number of pyridine rings is 1. The molecule has 22 heavy (non-hydrogen) atoms. The molecule has 5 nitrogen and oxygen atoms in total. The first-order chi connectivity index (χ1) is 10.6. The number of hydrogen-bond acceptors (Lipinski definition) is 3. The normalized spacial score (nSPS) is 10.1. The number of nitrogens with one attached hydrogen (secondary N) is 1. The molecule has 0 bridgehead atoms. The van der Waals surface area contributed by atoms with E-state index >= 15 is 0 Å².